The Bertz CT molecular complexity index is 570. The smallest absolute Gasteiger partial charge is 0.387 e. The quantitative estimate of drug-likeness (QED) is 0.849. The first-order valence-electron chi connectivity index (χ1n) is 6.27. The molecule has 2 N–H and O–H groups in total. The Hall–Kier alpha value is -1.85. The van der Waals surface area contributed by atoms with Crippen LogP contribution in [0, 0.1) is 0 Å². The number of aromatic hydroxyl groups is 1. The number of benzene rings is 2. The van der Waals surface area contributed by atoms with Gasteiger partial charge in [0.15, 0.2) is 0 Å². The minimum atomic E-state index is -2.82. The van der Waals surface area contributed by atoms with Gasteiger partial charge in [0.05, 0.1) is 0 Å². The van der Waals surface area contributed by atoms with Gasteiger partial charge in [-0.25, -0.2) is 0 Å². The maximum absolute atomic E-state index is 12.0. The summed E-state index contributed by atoms with van der Waals surface area (Å²) in [5, 5.41) is 13.3. The molecule has 0 fully saturated rings. The fraction of sp³-hybridized carbons (Fsp3) is 0.200. The lowest BCUT2D eigenvalue weighted by Crippen LogP contribution is -2.13. The second-order valence-electron chi connectivity index (χ2n) is 4.36. The number of rotatable bonds is 6. The SMILES string of the molecule is Oc1cccc(Cl)c1CNCc1ccc(OC(F)F)cc1. The average Bonchev–Trinajstić information content (AvgIpc) is 2.43. The zero-order chi connectivity index (χ0) is 15.2. The van der Waals surface area contributed by atoms with Gasteiger partial charge in [0.2, 0.25) is 0 Å². The molecule has 112 valence electrons. The van der Waals surface area contributed by atoms with Gasteiger partial charge < -0.3 is 15.2 Å². The minimum Gasteiger partial charge on any atom is -0.508 e. The maximum atomic E-state index is 12.0. The monoisotopic (exact) mass is 313 g/mol. The third-order valence-electron chi connectivity index (χ3n) is 2.87. The van der Waals surface area contributed by atoms with E-state index in [0.717, 1.165) is 5.56 Å². The molecule has 0 saturated heterocycles. The van der Waals surface area contributed by atoms with Crippen LogP contribution in [0.2, 0.25) is 5.02 Å². The normalized spacial score (nSPS) is 10.9. The summed E-state index contributed by atoms with van der Waals surface area (Å²) in [6.45, 7) is -1.90. The Morgan fingerprint density at radius 1 is 1.10 bits per heavy atom. The van der Waals surface area contributed by atoms with Crippen LogP contribution in [0.15, 0.2) is 42.5 Å². The van der Waals surface area contributed by atoms with E-state index in [1.807, 2.05) is 0 Å². The molecule has 0 spiro atoms. The summed E-state index contributed by atoms with van der Waals surface area (Å²) < 4.78 is 28.3. The molecule has 6 heteroatoms. The van der Waals surface area contributed by atoms with Crippen LogP contribution in [0.1, 0.15) is 11.1 Å². The second-order valence-corrected chi connectivity index (χ2v) is 4.77. The molecule has 0 atom stereocenters. The number of hydrogen-bond donors (Lipinski definition) is 2. The van der Waals surface area contributed by atoms with Crippen molar-refractivity contribution in [2.75, 3.05) is 0 Å². The summed E-state index contributed by atoms with van der Waals surface area (Å²) in [6.07, 6.45) is 0. The minimum absolute atomic E-state index is 0.123. The van der Waals surface area contributed by atoms with E-state index in [0.29, 0.717) is 23.7 Å². The van der Waals surface area contributed by atoms with Crippen LogP contribution in [-0.2, 0) is 13.1 Å². The zero-order valence-electron chi connectivity index (χ0n) is 11.0. The topological polar surface area (TPSA) is 41.5 Å². The van der Waals surface area contributed by atoms with Crippen molar-refractivity contribution in [2.24, 2.45) is 0 Å². The first-order valence-corrected chi connectivity index (χ1v) is 6.65. The van der Waals surface area contributed by atoms with E-state index in [2.05, 4.69) is 10.1 Å². The Morgan fingerprint density at radius 2 is 1.81 bits per heavy atom. The summed E-state index contributed by atoms with van der Waals surface area (Å²) in [5.74, 6) is 0.258. The molecule has 0 aliphatic heterocycles. The molecule has 0 aliphatic rings. The van der Waals surface area contributed by atoms with Crippen molar-refractivity contribution in [3.8, 4) is 11.5 Å². The highest BCUT2D eigenvalue weighted by Crippen LogP contribution is 2.25. The lowest BCUT2D eigenvalue weighted by Gasteiger charge is -2.09. The van der Waals surface area contributed by atoms with Crippen LogP contribution in [0.4, 0.5) is 8.78 Å². The van der Waals surface area contributed by atoms with Crippen LogP contribution < -0.4 is 10.1 Å². The Morgan fingerprint density at radius 3 is 2.43 bits per heavy atom. The largest absolute Gasteiger partial charge is 0.508 e. The Balaban J connectivity index is 1.89. The van der Waals surface area contributed by atoms with E-state index in [-0.39, 0.29) is 11.5 Å². The number of alkyl halides is 2. The van der Waals surface area contributed by atoms with Crippen LogP contribution in [0.5, 0.6) is 11.5 Å². The summed E-state index contributed by atoms with van der Waals surface area (Å²) >= 11 is 5.99. The van der Waals surface area contributed by atoms with E-state index in [1.165, 1.54) is 12.1 Å². The summed E-state index contributed by atoms with van der Waals surface area (Å²) in [4.78, 5) is 0. The van der Waals surface area contributed by atoms with Gasteiger partial charge in [-0.15, -0.1) is 0 Å². The highest BCUT2D eigenvalue weighted by atomic mass is 35.5. The van der Waals surface area contributed by atoms with Crippen molar-refractivity contribution in [3.63, 3.8) is 0 Å². The van der Waals surface area contributed by atoms with E-state index >= 15 is 0 Å². The fourth-order valence-corrected chi connectivity index (χ4v) is 2.08. The van der Waals surface area contributed by atoms with Gasteiger partial charge in [0.25, 0.3) is 0 Å². The van der Waals surface area contributed by atoms with Gasteiger partial charge in [0, 0.05) is 23.7 Å². The number of halogens is 3. The first kappa shape index (κ1) is 15.5. The lowest BCUT2D eigenvalue weighted by atomic mass is 10.2. The van der Waals surface area contributed by atoms with E-state index < -0.39 is 6.61 Å². The number of nitrogens with one attached hydrogen (secondary N) is 1. The molecule has 0 aliphatic carbocycles. The molecular weight excluding hydrogens is 300 g/mol. The Kier molecular flexibility index (Phi) is 5.36. The molecular formula is C15H14ClF2NO2. The van der Waals surface area contributed by atoms with Crippen molar-refractivity contribution >= 4 is 11.6 Å². The van der Waals surface area contributed by atoms with Gasteiger partial charge >= 0.3 is 6.61 Å². The summed E-state index contributed by atoms with van der Waals surface area (Å²) in [6, 6.07) is 11.3. The number of phenols is 1. The molecule has 0 aromatic heterocycles. The molecule has 0 bridgehead atoms. The van der Waals surface area contributed by atoms with Crippen molar-refractivity contribution in [1.29, 1.82) is 0 Å². The highest BCUT2D eigenvalue weighted by molar-refractivity contribution is 6.31. The van der Waals surface area contributed by atoms with Gasteiger partial charge in [-0.3, -0.25) is 0 Å². The summed E-state index contributed by atoms with van der Waals surface area (Å²) in [5.41, 5.74) is 1.53. The molecule has 0 unspecified atom stereocenters. The van der Waals surface area contributed by atoms with Crippen molar-refractivity contribution < 1.29 is 18.6 Å². The molecule has 2 aromatic rings. The van der Waals surface area contributed by atoms with Gasteiger partial charge in [-0.2, -0.15) is 8.78 Å². The predicted octanol–water partition coefficient (Wildman–Crippen LogP) is 3.94. The van der Waals surface area contributed by atoms with Gasteiger partial charge in [-0.1, -0.05) is 29.8 Å². The van der Waals surface area contributed by atoms with E-state index in [9.17, 15) is 13.9 Å². The zero-order valence-corrected chi connectivity index (χ0v) is 11.8. The van der Waals surface area contributed by atoms with Crippen molar-refractivity contribution in [1.82, 2.24) is 5.32 Å². The van der Waals surface area contributed by atoms with Crippen LogP contribution in [0.3, 0.4) is 0 Å². The van der Waals surface area contributed by atoms with Crippen LogP contribution in [0.25, 0.3) is 0 Å². The van der Waals surface area contributed by atoms with Crippen LogP contribution in [-0.4, -0.2) is 11.7 Å². The fourth-order valence-electron chi connectivity index (χ4n) is 1.84. The highest BCUT2D eigenvalue weighted by Gasteiger charge is 2.06. The molecule has 2 aromatic carbocycles. The van der Waals surface area contributed by atoms with Crippen LogP contribution >= 0.6 is 11.6 Å². The number of hydrogen-bond acceptors (Lipinski definition) is 3. The molecule has 3 nitrogen and oxygen atoms in total. The standard InChI is InChI=1S/C15H14ClF2NO2/c16-13-2-1-3-14(20)12(13)9-19-8-10-4-6-11(7-5-10)21-15(17)18/h1-7,15,19-20H,8-9H2. The molecule has 0 amide bonds. The molecule has 21 heavy (non-hydrogen) atoms. The average molecular weight is 314 g/mol. The second kappa shape index (κ2) is 7.24. The van der Waals surface area contributed by atoms with E-state index in [1.54, 1.807) is 30.3 Å². The predicted molar refractivity (Wildman–Crippen MR) is 76.7 cm³/mol. The third kappa shape index (κ3) is 4.58. The molecule has 0 saturated carbocycles. The number of phenolic OH excluding ortho intramolecular Hbond substituents is 1. The van der Waals surface area contributed by atoms with Crippen molar-refractivity contribution in [3.05, 3.63) is 58.6 Å². The third-order valence-corrected chi connectivity index (χ3v) is 3.23. The molecule has 0 radical (unpaired) electrons. The molecule has 0 heterocycles. The Labute approximate surface area is 126 Å². The lowest BCUT2D eigenvalue weighted by molar-refractivity contribution is -0.0498. The molecule has 2 rings (SSSR count). The van der Waals surface area contributed by atoms with Gasteiger partial charge in [0.1, 0.15) is 11.5 Å². The van der Waals surface area contributed by atoms with Gasteiger partial charge in [-0.05, 0) is 29.8 Å². The van der Waals surface area contributed by atoms with Crippen molar-refractivity contribution in [2.45, 2.75) is 19.7 Å². The maximum Gasteiger partial charge on any atom is 0.387 e. The number of ether oxygens (including phenoxy) is 1. The summed E-state index contributed by atoms with van der Waals surface area (Å²) in [7, 11) is 0. The van der Waals surface area contributed by atoms with E-state index in [4.69, 9.17) is 11.6 Å². The first-order chi connectivity index (χ1) is 10.1.